The fraction of sp³-hybridized carbons (Fsp3) is 0.273. The number of aliphatic hydroxyl groups is 1. The molecular weight excluding hydrogens is 206 g/mol. The third kappa shape index (κ3) is 1.49. The maximum absolute atomic E-state index is 11.7. The highest BCUT2D eigenvalue weighted by Crippen LogP contribution is 2.15. The van der Waals surface area contributed by atoms with E-state index in [0.717, 1.165) is 0 Å². The zero-order chi connectivity index (χ0) is 11.7. The molecule has 1 heterocycles. The maximum atomic E-state index is 11.7. The molecule has 5 nitrogen and oxygen atoms in total. The summed E-state index contributed by atoms with van der Waals surface area (Å²) in [5.74, 6) is 0. The summed E-state index contributed by atoms with van der Waals surface area (Å²) >= 11 is 0. The number of hydrogen-bond donors (Lipinski definition) is 2. The van der Waals surface area contributed by atoms with Crippen LogP contribution in [0.1, 0.15) is 18.5 Å². The predicted molar refractivity (Wildman–Crippen MR) is 59.1 cm³/mol. The molecule has 0 saturated heterocycles. The van der Waals surface area contributed by atoms with Crippen LogP contribution in [0.5, 0.6) is 0 Å². The average molecular weight is 217 g/mol. The number of nitrogens with one attached hydrogen (secondary N) is 1. The van der Waals surface area contributed by atoms with E-state index < -0.39 is 0 Å². The van der Waals surface area contributed by atoms with Crippen molar-refractivity contribution in [2.45, 2.75) is 13.0 Å². The lowest BCUT2D eigenvalue weighted by molar-refractivity contribution is 0.239. The van der Waals surface area contributed by atoms with Crippen molar-refractivity contribution in [2.24, 2.45) is 0 Å². The predicted octanol–water partition coefficient (Wildman–Crippen LogP) is 0.755. The van der Waals surface area contributed by atoms with Gasteiger partial charge in [0, 0.05) is 0 Å². The number of fused-ring (bicyclic) bond motifs is 1. The summed E-state index contributed by atoms with van der Waals surface area (Å²) in [6.45, 7) is 1.65. The second-order valence-electron chi connectivity index (χ2n) is 3.68. The van der Waals surface area contributed by atoms with Crippen molar-refractivity contribution in [3.8, 4) is 6.07 Å². The topological polar surface area (TPSA) is 81.8 Å². The first-order chi connectivity index (χ1) is 7.67. The van der Waals surface area contributed by atoms with Gasteiger partial charge in [0.25, 0.3) is 0 Å². The fourth-order valence-corrected chi connectivity index (χ4v) is 1.72. The number of imidazole rings is 1. The normalized spacial score (nSPS) is 12.6. The van der Waals surface area contributed by atoms with Crippen molar-refractivity contribution in [3.05, 3.63) is 34.2 Å². The lowest BCUT2D eigenvalue weighted by Crippen LogP contribution is -2.22. The van der Waals surface area contributed by atoms with Gasteiger partial charge in [-0.25, -0.2) is 4.79 Å². The molecule has 16 heavy (non-hydrogen) atoms. The van der Waals surface area contributed by atoms with Crippen LogP contribution in [0.15, 0.2) is 23.0 Å². The van der Waals surface area contributed by atoms with Crippen LogP contribution >= 0.6 is 0 Å². The Balaban J connectivity index is 2.73. The molecule has 0 unspecified atom stereocenters. The van der Waals surface area contributed by atoms with E-state index in [0.29, 0.717) is 16.6 Å². The van der Waals surface area contributed by atoms with Crippen molar-refractivity contribution >= 4 is 11.0 Å². The molecule has 2 N–H and O–H groups in total. The number of hydrogen-bond acceptors (Lipinski definition) is 3. The molecule has 1 aromatic heterocycles. The van der Waals surface area contributed by atoms with E-state index in [1.165, 1.54) is 4.57 Å². The van der Waals surface area contributed by atoms with E-state index in [9.17, 15) is 4.79 Å². The zero-order valence-corrected chi connectivity index (χ0v) is 8.77. The molecule has 0 aliphatic carbocycles. The minimum absolute atomic E-state index is 0.104. The third-order valence-electron chi connectivity index (χ3n) is 2.55. The van der Waals surface area contributed by atoms with Crippen molar-refractivity contribution in [1.82, 2.24) is 9.55 Å². The smallest absolute Gasteiger partial charge is 0.326 e. The van der Waals surface area contributed by atoms with Gasteiger partial charge in [0.1, 0.15) is 0 Å². The highest BCUT2D eigenvalue weighted by Gasteiger charge is 2.12. The molecule has 0 spiro atoms. The molecule has 0 radical (unpaired) electrons. The maximum Gasteiger partial charge on any atom is 0.326 e. The van der Waals surface area contributed by atoms with Crippen LogP contribution in [0.3, 0.4) is 0 Å². The first-order valence-corrected chi connectivity index (χ1v) is 4.92. The Kier molecular flexibility index (Phi) is 2.50. The highest BCUT2D eigenvalue weighted by molar-refractivity contribution is 5.77. The molecular formula is C11H11N3O2. The standard InChI is InChI=1S/C11H11N3O2/c1-7(6-15)14-10-3-2-8(5-12)4-9(10)13-11(14)16/h2-4,7,15H,6H2,1H3,(H,13,16)/t7-/m1/s1. The van der Waals surface area contributed by atoms with E-state index in [-0.39, 0.29) is 18.3 Å². The summed E-state index contributed by atoms with van der Waals surface area (Å²) in [6, 6.07) is 6.70. The summed E-state index contributed by atoms with van der Waals surface area (Å²) < 4.78 is 1.48. The van der Waals surface area contributed by atoms with Gasteiger partial charge in [-0.3, -0.25) is 4.57 Å². The minimum Gasteiger partial charge on any atom is -0.394 e. The average Bonchev–Trinajstić information content (AvgIpc) is 2.62. The summed E-state index contributed by atoms with van der Waals surface area (Å²) in [4.78, 5) is 14.3. The van der Waals surface area contributed by atoms with Crippen LogP contribution in [0.4, 0.5) is 0 Å². The summed E-state index contributed by atoms with van der Waals surface area (Å²) in [7, 11) is 0. The molecule has 0 saturated carbocycles. The van der Waals surface area contributed by atoms with Crippen LogP contribution in [0.2, 0.25) is 0 Å². The molecule has 0 amide bonds. The van der Waals surface area contributed by atoms with E-state index in [4.69, 9.17) is 10.4 Å². The van der Waals surface area contributed by atoms with Crippen LogP contribution in [-0.4, -0.2) is 21.3 Å². The van der Waals surface area contributed by atoms with Gasteiger partial charge in [0.2, 0.25) is 0 Å². The Hall–Kier alpha value is -2.06. The van der Waals surface area contributed by atoms with Gasteiger partial charge in [-0.15, -0.1) is 0 Å². The minimum atomic E-state index is -0.283. The van der Waals surface area contributed by atoms with Gasteiger partial charge in [-0.05, 0) is 25.1 Å². The lowest BCUT2D eigenvalue weighted by atomic mass is 10.2. The number of aliphatic hydroxyl groups excluding tert-OH is 1. The molecule has 2 rings (SSSR count). The van der Waals surface area contributed by atoms with Crippen LogP contribution < -0.4 is 5.69 Å². The van der Waals surface area contributed by atoms with Crippen molar-refractivity contribution in [1.29, 1.82) is 5.26 Å². The largest absolute Gasteiger partial charge is 0.394 e. The van der Waals surface area contributed by atoms with Gasteiger partial charge in [-0.2, -0.15) is 5.26 Å². The first-order valence-electron chi connectivity index (χ1n) is 4.92. The van der Waals surface area contributed by atoms with Gasteiger partial charge in [-0.1, -0.05) is 0 Å². The van der Waals surface area contributed by atoms with Crippen LogP contribution in [-0.2, 0) is 0 Å². The Morgan fingerprint density at radius 3 is 3.00 bits per heavy atom. The number of nitrogens with zero attached hydrogens (tertiary/aromatic N) is 2. The number of H-pyrrole nitrogens is 1. The van der Waals surface area contributed by atoms with E-state index in [1.807, 2.05) is 6.07 Å². The zero-order valence-electron chi connectivity index (χ0n) is 8.77. The van der Waals surface area contributed by atoms with E-state index >= 15 is 0 Å². The molecule has 2 aromatic rings. The second-order valence-corrected chi connectivity index (χ2v) is 3.68. The molecule has 5 heteroatoms. The van der Waals surface area contributed by atoms with Gasteiger partial charge >= 0.3 is 5.69 Å². The summed E-state index contributed by atoms with van der Waals surface area (Å²) in [5.41, 5.74) is 1.54. The van der Waals surface area contributed by atoms with Crippen LogP contribution in [0, 0.1) is 11.3 Å². The Morgan fingerprint density at radius 2 is 2.38 bits per heavy atom. The number of rotatable bonds is 2. The number of aromatic nitrogens is 2. The van der Waals surface area contributed by atoms with Crippen molar-refractivity contribution in [2.75, 3.05) is 6.61 Å². The van der Waals surface area contributed by atoms with Crippen LogP contribution in [0.25, 0.3) is 11.0 Å². The molecule has 0 bridgehead atoms. The number of benzene rings is 1. The monoisotopic (exact) mass is 217 g/mol. The quantitative estimate of drug-likeness (QED) is 0.778. The number of nitriles is 1. The molecule has 82 valence electrons. The Bertz CT molecular complexity index is 618. The summed E-state index contributed by atoms with van der Waals surface area (Å²) in [6.07, 6.45) is 0. The molecule has 1 atom stereocenters. The fourth-order valence-electron chi connectivity index (χ4n) is 1.72. The number of aromatic amines is 1. The molecule has 1 aromatic carbocycles. The van der Waals surface area contributed by atoms with E-state index in [1.54, 1.807) is 25.1 Å². The second kappa shape index (κ2) is 3.83. The van der Waals surface area contributed by atoms with Crippen molar-refractivity contribution in [3.63, 3.8) is 0 Å². The van der Waals surface area contributed by atoms with Gasteiger partial charge in [0.05, 0.1) is 35.3 Å². The molecule has 0 aliphatic heterocycles. The highest BCUT2D eigenvalue weighted by atomic mass is 16.3. The van der Waals surface area contributed by atoms with Gasteiger partial charge < -0.3 is 10.1 Å². The summed E-state index contributed by atoms with van der Waals surface area (Å²) in [5, 5.41) is 17.8. The molecule has 0 aliphatic rings. The van der Waals surface area contributed by atoms with E-state index in [2.05, 4.69) is 4.98 Å². The lowest BCUT2D eigenvalue weighted by Gasteiger charge is -2.09. The Labute approximate surface area is 91.6 Å². The molecule has 0 fully saturated rings. The van der Waals surface area contributed by atoms with Crippen molar-refractivity contribution < 1.29 is 5.11 Å². The van der Waals surface area contributed by atoms with Gasteiger partial charge in [0.15, 0.2) is 0 Å². The third-order valence-corrected chi connectivity index (χ3v) is 2.55. The Morgan fingerprint density at radius 1 is 1.62 bits per heavy atom. The SMILES string of the molecule is C[C@H](CO)n1c(=O)[nH]c2cc(C#N)ccc21. The first kappa shape index (κ1) is 10.5.